The van der Waals surface area contributed by atoms with Gasteiger partial charge in [-0.25, -0.2) is 4.98 Å². The van der Waals surface area contributed by atoms with E-state index < -0.39 is 0 Å². The van der Waals surface area contributed by atoms with Gasteiger partial charge in [0.05, 0.1) is 6.61 Å². The second kappa shape index (κ2) is 8.06. The predicted octanol–water partition coefficient (Wildman–Crippen LogP) is 1.96. The molecule has 1 amide bonds. The third-order valence-corrected chi connectivity index (χ3v) is 5.59. The van der Waals surface area contributed by atoms with Crippen LogP contribution in [0.5, 0.6) is 0 Å². The number of carbonyl (C=O) groups excluding carboxylic acids is 1. The highest BCUT2D eigenvalue weighted by Crippen LogP contribution is 2.26. The maximum Gasteiger partial charge on any atom is 0.222 e. The zero-order valence-electron chi connectivity index (χ0n) is 13.9. The molecule has 2 aliphatic heterocycles. The number of carbonyl (C=O) groups is 1. The van der Waals surface area contributed by atoms with Crippen LogP contribution in [0.25, 0.3) is 0 Å². The summed E-state index contributed by atoms with van der Waals surface area (Å²) in [4.78, 5) is 21.0. The number of rotatable bonds is 6. The second-order valence-electron chi connectivity index (χ2n) is 6.46. The molecular formula is C16H26N4O2S. The standard InChI is InChI=1S/C16H26N4O2S/c1-22-11-7-14-17-16(23-18-14)19-9-5-13(6-10-19)12-20-8-3-2-4-15(20)21/h13H,2-12H2,1H3. The van der Waals surface area contributed by atoms with Crippen LogP contribution in [-0.4, -0.2) is 60.1 Å². The van der Waals surface area contributed by atoms with Crippen molar-refractivity contribution >= 4 is 22.6 Å². The molecule has 0 aromatic carbocycles. The van der Waals surface area contributed by atoms with Crippen molar-refractivity contribution in [3.05, 3.63) is 5.82 Å². The van der Waals surface area contributed by atoms with Gasteiger partial charge in [-0.05, 0) is 31.6 Å². The fraction of sp³-hybridized carbons (Fsp3) is 0.812. The fourth-order valence-corrected chi connectivity index (χ4v) is 4.10. The number of piperidine rings is 2. The molecule has 0 unspecified atom stereocenters. The molecule has 2 aliphatic rings. The van der Waals surface area contributed by atoms with Crippen LogP contribution in [-0.2, 0) is 16.0 Å². The van der Waals surface area contributed by atoms with Crippen molar-refractivity contribution in [1.29, 1.82) is 0 Å². The third-order valence-electron chi connectivity index (χ3n) is 4.77. The van der Waals surface area contributed by atoms with Crippen LogP contribution in [0, 0.1) is 5.92 Å². The summed E-state index contributed by atoms with van der Waals surface area (Å²) in [5.41, 5.74) is 0. The maximum atomic E-state index is 11.9. The average molecular weight is 338 g/mol. The highest BCUT2D eigenvalue weighted by atomic mass is 32.1. The van der Waals surface area contributed by atoms with Gasteiger partial charge in [-0.3, -0.25) is 4.79 Å². The zero-order chi connectivity index (χ0) is 16.1. The molecule has 0 bridgehead atoms. The van der Waals surface area contributed by atoms with Crippen molar-refractivity contribution in [2.24, 2.45) is 5.92 Å². The molecule has 3 rings (SSSR count). The number of hydrogen-bond donors (Lipinski definition) is 0. The lowest BCUT2D eigenvalue weighted by Crippen LogP contribution is -2.42. The first kappa shape index (κ1) is 16.6. The van der Waals surface area contributed by atoms with E-state index in [2.05, 4.69) is 19.2 Å². The largest absolute Gasteiger partial charge is 0.384 e. The molecule has 6 nitrogen and oxygen atoms in total. The number of likely N-dealkylation sites (tertiary alicyclic amines) is 1. The summed E-state index contributed by atoms with van der Waals surface area (Å²) in [5, 5.41) is 1.03. The number of nitrogens with zero attached hydrogens (tertiary/aromatic N) is 4. The number of aromatic nitrogens is 2. The van der Waals surface area contributed by atoms with E-state index >= 15 is 0 Å². The van der Waals surface area contributed by atoms with E-state index in [0.29, 0.717) is 18.4 Å². The summed E-state index contributed by atoms with van der Waals surface area (Å²) in [5.74, 6) is 1.87. The highest BCUT2D eigenvalue weighted by Gasteiger charge is 2.26. The number of methoxy groups -OCH3 is 1. The van der Waals surface area contributed by atoms with Gasteiger partial charge >= 0.3 is 0 Å². The molecule has 0 spiro atoms. The monoisotopic (exact) mass is 338 g/mol. The van der Waals surface area contributed by atoms with Gasteiger partial charge in [-0.2, -0.15) is 4.37 Å². The van der Waals surface area contributed by atoms with Gasteiger partial charge < -0.3 is 14.5 Å². The van der Waals surface area contributed by atoms with Crippen LogP contribution in [0.15, 0.2) is 0 Å². The van der Waals surface area contributed by atoms with E-state index in [4.69, 9.17) is 4.74 Å². The van der Waals surface area contributed by atoms with Gasteiger partial charge in [0.15, 0.2) is 0 Å². The normalized spacial score (nSPS) is 20.3. The summed E-state index contributed by atoms with van der Waals surface area (Å²) in [6.07, 6.45) is 6.03. The van der Waals surface area contributed by atoms with E-state index in [1.807, 2.05) is 0 Å². The Morgan fingerprint density at radius 1 is 1.26 bits per heavy atom. The SMILES string of the molecule is COCCc1nsc(N2CCC(CN3CCCCC3=O)CC2)n1. The minimum atomic E-state index is 0.352. The van der Waals surface area contributed by atoms with Crippen LogP contribution >= 0.6 is 11.5 Å². The van der Waals surface area contributed by atoms with E-state index in [1.165, 1.54) is 18.0 Å². The maximum absolute atomic E-state index is 11.9. The lowest BCUT2D eigenvalue weighted by atomic mass is 9.95. The summed E-state index contributed by atoms with van der Waals surface area (Å²) in [7, 11) is 1.70. The Kier molecular flexibility index (Phi) is 5.83. The van der Waals surface area contributed by atoms with Gasteiger partial charge in [0, 0.05) is 57.7 Å². The smallest absolute Gasteiger partial charge is 0.222 e. The van der Waals surface area contributed by atoms with Crippen molar-refractivity contribution in [1.82, 2.24) is 14.3 Å². The Hall–Kier alpha value is -1.21. The molecule has 3 heterocycles. The minimum absolute atomic E-state index is 0.352. The van der Waals surface area contributed by atoms with Crippen LogP contribution in [0.3, 0.4) is 0 Å². The van der Waals surface area contributed by atoms with E-state index in [9.17, 15) is 4.79 Å². The molecule has 2 fully saturated rings. The molecule has 23 heavy (non-hydrogen) atoms. The Morgan fingerprint density at radius 2 is 2.09 bits per heavy atom. The quantitative estimate of drug-likeness (QED) is 0.793. The van der Waals surface area contributed by atoms with Gasteiger partial charge in [-0.15, -0.1) is 0 Å². The Morgan fingerprint density at radius 3 is 2.83 bits per heavy atom. The lowest BCUT2D eigenvalue weighted by molar-refractivity contribution is -0.134. The molecule has 1 aromatic heterocycles. The molecule has 128 valence electrons. The van der Waals surface area contributed by atoms with Crippen LogP contribution < -0.4 is 4.90 Å². The van der Waals surface area contributed by atoms with E-state index in [-0.39, 0.29) is 0 Å². The Labute approximate surface area is 142 Å². The molecule has 0 saturated carbocycles. The first-order valence-corrected chi connectivity index (χ1v) is 9.38. The van der Waals surface area contributed by atoms with Crippen LogP contribution in [0.4, 0.5) is 5.13 Å². The minimum Gasteiger partial charge on any atom is -0.384 e. The number of ether oxygens (including phenoxy) is 1. The zero-order valence-corrected chi connectivity index (χ0v) is 14.7. The van der Waals surface area contributed by atoms with Crippen molar-refractivity contribution in [2.45, 2.75) is 38.5 Å². The highest BCUT2D eigenvalue weighted by molar-refractivity contribution is 7.09. The fourth-order valence-electron chi connectivity index (χ4n) is 3.34. The van der Waals surface area contributed by atoms with Crippen LogP contribution in [0.2, 0.25) is 0 Å². The first-order valence-electron chi connectivity index (χ1n) is 8.60. The summed E-state index contributed by atoms with van der Waals surface area (Å²) in [6, 6.07) is 0. The molecule has 1 aromatic rings. The Balaban J connectivity index is 1.46. The second-order valence-corrected chi connectivity index (χ2v) is 7.19. The molecule has 0 aliphatic carbocycles. The van der Waals surface area contributed by atoms with E-state index in [0.717, 1.165) is 69.2 Å². The van der Waals surface area contributed by atoms with Gasteiger partial charge in [0.1, 0.15) is 5.82 Å². The molecule has 2 saturated heterocycles. The summed E-state index contributed by atoms with van der Waals surface area (Å²) >= 11 is 1.49. The third kappa shape index (κ3) is 4.41. The van der Waals surface area contributed by atoms with Crippen molar-refractivity contribution in [3.8, 4) is 0 Å². The van der Waals surface area contributed by atoms with Crippen molar-refractivity contribution in [2.75, 3.05) is 44.8 Å². The van der Waals surface area contributed by atoms with Gasteiger partial charge in [-0.1, -0.05) is 0 Å². The number of amides is 1. The topological polar surface area (TPSA) is 58.6 Å². The lowest BCUT2D eigenvalue weighted by Gasteiger charge is -2.35. The van der Waals surface area contributed by atoms with Gasteiger partial charge in [0.2, 0.25) is 11.0 Å². The molecular weight excluding hydrogens is 312 g/mol. The van der Waals surface area contributed by atoms with E-state index in [1.54, 1.807) is 7.11 Å². The Bertz CT molecular complexity index is 514. The molecule has 0 radical (unpaired) electrons. The molecule has 7 heteroatoms. The summed E-state index contributed by atoms with van der Waals surface area (Å²) < 4.78 is 9.48. The van der Waals surface area contributed by atoms with Crippen molar-refractivity contribution in [3.63, 3.8) is 0 Å². The number of anilines is 1. The number of hydrogen-bond acceptors (Lipinski definition) is 6. The average Bonchev–Trinajstić information content (AvgIpc) is 3.05. The van der Waals surface area contributed by atoms with Gasteiger partial charge in [0.25, 0.3) is 0 Å². The molecule has 0 N–H and O–H groups in total. The van der Waals surface area contributed by atoms with Crippen LogP contribution in [0.1, 0.15) is 37.9 Å². The predicted molar refractivity (Wildman–Crippen MR) is 90.9 cm³/mol. The first-order chi connectivity index (χ1) is 11.3. The summed E-state index contributed by atoms with van der Waals surface area (Å²) in [6.45, 7) is 4.61. The van der Waals surface area contributed by atoms with Crippen molar-refractivity contribution < 1.29 is 9.53 Å². The molecule has 0 atom stereocenters.